The molecular formula is C18H17N3O5S. The fourth-order valence-electron chi connectivity index (χ4n) is 2.52. The Bertz CT molecular complexity index is 1040. The van der Waals surface area contributed by atoms with Crippen LogP contribution in [0.1, 0.15) is 15.2 Å². The van der Waals surface area contributed by atoms with E-state index in [1.54, 1.807) is 19.1 Å². The Morgan fingerprint density at radius 3 is 2.67 bits per heavy atom. The molecule has 2 N–H and O–H groups in total. The van der Waals surface area contributed by atoms with Gasteiger partial charge in [0.05, 0.1) is 16.6 Å². The molecule has 9 heteroatoms. The number of amides is 1. The van der Waals surface area contributed by atoms with Gasteiger partial charge in [0.2, 0.25) is 0 Å². The van der Waals surface area contributed by atoms with Gasteiger partial charge in [0.25, 0.3) is 11.5 Å². The zero-order chi connectivity index (χ0) is 19.4. The highest BCUT2D eigenvalue weighted by molar-refractivity contribution is 7.20. The predicted octanol–water partition coefficient (Wildman–Crippen LogP) is 1.49. The molecule has 1 amide bonds. The van der Waals surface area contributed by atoms with Crippen molar-refractivity contribution < 1.29 is 19.1 Å². The number of rotatable bonds is 7. The van der Waals surface area contributed by atoms with E-state index in [4.69, 9.17) is 15.2 Å². The van der Waals surface area contributed by atoms with Crippen LogP contribution in [0, 0.1) is 6.92 Å². The second-order valence-corrected chi connectivity index (χ2v) is 6.66. The number of benzene rings is 1. The van der Waals surface area contributed by atoms with Gasteiger partial charge < -0.3 is 15.2 Å². The molecule has 2 aromatic heterocycles. The van der Waals surface area contributed by atoms with Gasteiger partial charge in [-0.05, 0) is 24.6 Å². The van der Waals surface area contributed by atoms with E-state index < -0.39 is 17.4 Å². The van der Waals surface area contributed by atoms with Crippen LogP contribution in [0.5, 0.6) is 5.75 Å². The summed E-state index contributed by atoms with van der Waals surface area (Å²) in [5.41, 5.74) is 5.36. The molecule has 3 aromatic rings. The Labute approximate surface area is 158 Å². The van der Waals surface area contributed by atoms with Crippen molar-refractivity contribution in [3.05, 3.63) is 57.5 Å². The average Bonchev–Trinajstić information content (AvgIpc) is 3.00. The van der Waals surface area contributed by atoms with Gasteiger partial charge >= 0.3 is 5.97 Å². The third kappa shape index (κ3) is 4.14. The van der Waals surface area contributed by atoms with E-state index in [-0.39, 0.29) is 30.0 Å². The number of esters is 1. The van der Waals surface area contributed by atoms with Crippen LogP contribution in [0.15, 0.2) is 41.5 Å². The number of carbonyl (C=O) groups excluding carboxylic acids is 2. The summed E-state index contributed by atoms with van der Waals surface area (Å²) >= 11 is 1.06. The summed E-state index contributed by atoms with van der Waals surface area (Å²) in [6.45, 7) is 1.61. The molecule has 1 aromatic carbocycles. The number of fused-ring (bicyclic) bond motifs is 1. The lowest BCUT2D eigenvalue weighted by Gasteiger charge is -2.08. The number of thiophene rings is 1. The lowest BCUT2D eigenvalue weighted by atomic mass is 10.2. The highest BCUT2D eigenvalue weighted by Crippen LogP contribution is 2.26. The number of aryl methyl sites for hydroxylation is 1. The number of nitrogens with two attached hydrogens (primary N) is 1. The van der Waals surface area contributed by atoms with Crippen LogP contribution < -0.4 is 16.0 Å². The van der Waals surface area contributed by atoms with Gasteiger partial charge in [-0.15, -0.1) is 11.3 Å². The number of hydrogen-bond donors (Lipinski definition) is 1. The SMILES string of the molecule is Cc1c(C(N)=O)sc2ncn(CC(=O)OCCOc3ccccc3)c(=O)c12. The molecule has 0 radical (unpaired) electrons. The summed E-state index contributed by atoms with van der Waals surface area (Å²) in [7, 11) is 0. The van der Waals surface area contributed by atoms with Crippen LogP contribution in [0.3, 0.4) is 0 Å². The number of primary amides is 1. The molecule has 0 atom stereocenters. The monoisotopic (exact) mass is 387 g/mol. The molecule has 0 aliphatic heterocycles. The third-order valence-electron chi connectivity index (χ3n) is 3.80. The molecular weight excluding hydrogens is 370 g/mol. The lowest BCUT2D eigenvalue weighted by molar-refractivity contribution is -0.145. The van der Waals surface area contributed by atoms with E-state index >= 15 is 0 Å². The second-order valence-electron chi connectivity index (χ2n) is 5.66. The first kappa shape index (κ1) is 18.6. The molecule has 0 saturated carbocycles. The molecule has 2 heterocycles. The molecule has 0 aliphatic carbocycles. The molecule has 0 bridgehead atoms. The summed E-state index contributed by atoms with van der Waals surface area (Å²) in [6.07, 6.45) is 1.26. The Morgan fingerprint density at radius 2 is 1.96 bits per heavy atom. The van der Waals surface area contributed by atoms with Crippen molar-refractivity contribution in [2.75, 3.05) is 13.2 Å². The normalized spacial score (nSPS) is 10.7. The Kier molecular flexibility index (Phi) is 5.51. The third-order valence-corrected chi connectivity index (χ3v) is 5.01. The van der Waals surface area contributed by atoms with E-state index in [2.05, 4.69) is 4.98 Å². The summed E-state index contributed by atoms with van der Waals surface area (Å²) in [4.78, 5) is 40.8. The van der Waals surface area contributed by atoms with Crippen LogP contribution in [0.2, 0.25) is 0 Å². The molecule has 0 fully saturated rings. The maximum absolute atomic E-state index is 12.6. The summed E-state index contributed by atoms with van der Waals surface area (Å²) in [5, 5.41) is 0.288. The molecule has 0 spiro atoms. The first-order valence-corrected chi connectivity index (χ1v) is 8.91. The van der Waals surface area contributed by atoms with Crippen molar-refractivity contribution in [3.8, 4) is 5.75 Å². The van der Waals surface area contributed by atoms with E-state index in [1.165, 1.54) is 6.33 Å². The zero-order valence-corrected chi connectivity index (χ0v) is 15.3. The summed E-state index contributed by atoms with van der Waals surface area (Å²) in [5.74, 6) is -0.519. The number of aromatic nitrogens is 2. The van der Waals surface area contributed by atoms with Crippen molar-refractivity contribution in [1.29, 1.82) is 0 Å². The molecule has 140 valence electrons. The second kappa shape index (κ2) is 8.00. The maximum Gasteiger partial charge on any atom is 0.326 e. The first-order valence-electron chi connectivity index (χ1n) is 8.09. The van der Waals surface area contributed by atoms with Crippen LogP contribution in [0.25, 0.3) is 10.2 Å². The molecule has 0 unspecified atom stereocenters. The minimum absolute atomic E-state index is 0.0570. The van der Waals surface area contributed by atoms with Gasteiger partial charge in [0.15, 0.2) is 0 Å². The number of nitrogens with zero attached hydrogens (tertiary/aromatic N) is 2. The zero-order valence-electron chi connectivity index (χ0n) is 14.5. The molecule has 0 aliphatic rings. The van der Waals surface area contributed by atoms with Crippen molar-refractivity contribution in [1.82, 2.24) is 9.55 Å². The van der Waals surface area contributed by atoms with Crippen molar-refractivity contribution in [2.24, 2.45) is 5.73 Å². The maximum atomic E-state index is 12.6. The fraction of sp³-hybridized carbons (Fsp3) is 0.222. The molecule has 3 rings (SSSR count). The highest BCUT2D eigenvalue weighted by Gasteiger charge is 2.18. The van der Waals surface area contributed by atoms with Crippen LogP contribution in [-0.4, -0.2) is 34.6 Å². The van der Waals surface area contributed by atoms with Crippen LogP contribution in [0.4, 0.5) is 0 Å². The van der Waals surface area contributed by atoms with E-state index in [0.717, 1.165) is 15.9 Å². The Hall–Kier alpha value is -3.20. The van der Waals surface area contributed by atoms with Gasteiger partial charge in [-0.3, -0.25) is 19.0 Å². The number of hydrogen-bond acceptors (Lipinski definition) is 7. The fourth-order valence-corrected chi connectivity index (χ4v) is 3.51. The standard InChI is InChI=1S/C18H17N3O5S/c1-11-14-17(27-15(11)16(19)23)20-10-21(18(14)24)9-13(22)26-8-7-25-12-5-3-2-4-6-12/h2-6,10H,7-9H2,1H3,(H2,19,23). The minimum Gasteiger partial charge on any atom is -0.490 e. The van der Waals surface area contributed by atoms with Gasteiger partial charge in [-0.2, -0.15) is 0 Å². The average molecular weight is 387 g/mol. The van der Waals surface area contributed by atoms with E-state index in [0.29, 0.717) is 16.1 Å². The Morgan fingerprint density at radius 1 is 1.22 bits per heavy atom. The van der Waals surface area contributed by atoms with Gasteiger partial charge in [0, 0.05) is 0 Å². The smallest absolute Gasteiger partial charge is 0.326 e. The van der Waals surface area contributed by atoms with Gasteiger partial charge in [0.1, 0.15) is 30.3 Å². The first-order chi connectivity index (χ1) is 13.0. The number of ether oxygens (including phenoxy) is 2. The topological polar surface area (TPSA) is 114 Å². The van der Waals surface area contributed by atoms with Gasteiger partial charge in [-0.1, -0.05) is 18.2 Å². The highest BCUT2D eigenvalue weighted by atomic mass is 32.1. The van der Waals surface area contributed by atoms with E-state index in [9.17, 15) is 14.4 Å². The molecule has 0 saturated heterocycles. The quantitative estimate of drug-likeness (QED) is 0.485. The predicted molar refractivity (Wildman–Crippen MR) is 100 cm³/mol. The summed E-state index contributed by atoms with van der Waals surface area (Å²) in [6, 6.07) is 9.15. The van der Waals surface area contributed by atoms with Crippen molar-refractivity contribution in [2.45, 2.75) is 13.5 Å². The largest absolute Gasteiger partial charge is 0.490 e. The summed E-state index contributed by atoms with van der Waals surface area (Å²) < 4.78 is 11.7. The van der Waals surface area contributed by atoms with Crippen molar-refractivity contribution in [3.63, 3.8) is 0 Å². The molecule has 27 heavy (non-hydrogen) atoms. The van der Waals surface area contributed by atoms with Crippen LogP contribution in [-0.2, 0) is 16.1 Å². The minimum atomic E-state index is -0.612. The van der Waals surface area contributed by atoms with Crippen LogP contribution >= 0.6 is 11.3 Å². The van der Waals surface area contributed by atoms with Gasteiger partial charge in [-0.25, -0.2) is 4.98 Å². The number of carbonyl (C=O) groups is 2. The van der Waals surface area contributed by atoms with Crippen molar-refractivity contribution >= 4 is 33.4 Å². The lowest BCUT2D eigenvalue weighted by Crippen LogP contribution is -2.26. The number of para-hydroxylation sites is 1. The van der Waals surface area contributed by atoms with E-state index in [1.807, 2.05) is 18.2 Å². The Balaban J connectivity index is 1.63. The molecule has 8 nitrogen and oxygen atoms in total.